The van der Waals surface area contributed by atoms with E-state index in [-0.39, 0.29) is 5.82 Å². The molecule has 0 aromatic heterocycles. The molecule has 21 heavy (non-hydrogen) atoms. The second-order valence-corrected chi connectivity index (χ2v) is 4.33. The van der Waals surface area contributed by atoms with Crippen LogP contribution in [0.4, 0.5) is 4.39 Å². The summed E-state index contributed by atoms with van der Waals surface area (Å²) >= 11 is 0. The Labute approximate surface area is 123 Å². The van der Waals surface area contributed by atoms with Crippen LogP contribution in [-0.4, -0.2) is 12.8 Å². The van der Waals surface area contributed by atoms with Crippen molar-refractivity contribution in [1.29, 1.82) is 0 Å². The highest BCUT2D eigenvalue weighted by atomic mass is 19.1. The summed E-state index contributed by atoms with van der Waals surface area (Å²) < 4.78 is 24.1. The zero-order valence-electron chi connectivity index (χ0n) is 11.8. The van der Waals surface area contributed by atoms with Crippen LogP contribution >= 0.6 is 0 Å². The Bertz CT molecular complexity index is 612. The minimum atomic E-state index is -0.265. The number of nitrogens with two attached hydrogens (primary N) is 1. The van der Waals surface area contributed by atoms with Gasteiger partial charge in [-0.2, -0.15) is 5.10 Å². The summed E-state index contributed by atoms with van der Waals surface area (Å²) in [7, 11) is 0. The van der Waals surface area contributed by atoms with Crippen molar-refractivity contribution in [3.05, 3.63) is 59.4 Å². The van der Waals surface area contributed by atoms with Crippen LogP contribution in [0.2, 0.25) is 0 Å². The largest absolute Gasteiger partial charge is 0.490 e. The zero-order valence-corrected chi connectivity index (χ0v) is 11.8. The predicted molar refractivity (Wildman–Crippen MR) is 80.1 cm³/mol. The number of halogens is 1. The van der Waals surface area contributed by atoms with E-state index < -0.39 is 0 Å². The third-order valence-corrected chi connectivity index (χ3v) is 2.80. The molecular weight excluding hydrogens is 271 g/mol. The van der Waals surface area contributed by atoms with E-state index in [4.69, 9.17) is 15.3 Å². The summed E-state index contributed by atoms with van der Waals surface area (Å²) in [5.41, 5.74) is 1.71. The van der Waals surface area contributed by atoms with E-state index >= 15 is 0 Å². The average molecular weight is 288 g/mol. The van der Waals surface area contributed by atoms with E-state index in [1.165, 1.54) is 18.3 Å². The van der Waals surface area contributed by atoms with Crippen LogP contribution in [0.25, 0.3) is 0 Å². The van der Waals surface area contributed by atoms with Gasteiger partial charge < -0.3 is 15.3 Å². The first-order valence-corrected chi connectivity index (χ1v) is 6.60. The van der Waals surface area contributed by atoms with Gasteiger partial charge in [-0.1, -0.05) is 12.1 Å². The van der Waals surface area contributed by atoms with Gasteiger partial charge in [0, 0.05) is 0 Å². The molecule has 2 rings (SSSR count). The molecule has 0 aliphatic heterocycles. The smallest absolute Gasteiger partial charge is 0.161 e. The zero-order chi connectivity index (χ0) is 15.1. The Hall–Kier alpha value is -2.56. The Kier molecular flexibility index (Phi) is 5.15. The highest BCUT2D eigenvalue weighted by molar-refractivity contribution is 5.80. The molecule has 0 unspecified atom stereocenters. The topological polar surface area (TPSA) is 56.8 Å². The standard InChI is InChI=1S/C16H17FN2O2/c1-2-20-16-9-13(10-19-18)5-8-15(16)21-11-12-3-6-14(17)7-4-12/h3-10H,2,11,18H2,1H3. The van der Waals surface area contributed by atoms with Gasteiger partial charge >= 0.3 is 0 Å². The van der Waals surface area contributed by atoms with Crippen LogP contribution < -0.4 is 15.3 Å². The van der Waals surface area contributed by atoms with Crippen molar-refractivity contribution in [2.75, 3.05) is 6.61 Å². The van der Waals surface area contributed by atoms with Crippen LogP contribution in [0.1, 0.15) is 18.1 Å². The van der Waals surface area contributed by atoms with Gasteiger partial charge in [-0.15, -0.1) is 0 Å². The van der Waals surface area contributed by atoms with Crippen LogP contribution in [-0.2, 0) is 6.61 Å². The second-order valence-electron chi connectivity index (χ2n) is 4.33. The SMILES string of the molecule is CCOc1cc(C=NN)ccc1OCc1ccc(F)cc1. The normalized spacial score (nSPS) is 10.8. The van der Waals surface area contributed by atoms with Crippen LogP contribution in [0.15, 0.2) is 47.6 Å². The fraction of sp³-hybridized carbons (Fsp3) is 0.188. The summed E-state index contributed by atoms with van der Waals surface area (Å²) in [5, 5.41) is 3.48. The molecule has 110 valence electrons. The minimum Gasteiger partial charge on any atom is -0.490 e. The quantitative estimate of drug-likeness (QED) is 0.505. The molecule has 0 fully saturated rings. The summed E-state index contributed by atoms with van der Waals surface area (Å²) in [6.07, 6.45) is 1.53. The van der Waals surface area contributed by atoms with Crippen molar-refractivity contribution >= 4 is 6.21 Å². The van der Waals surface area contributed by atoms with E-state index in [1.807, 2.05) is 13.0 Å². The molecule has 5 heteroatoms. The van der Waals surface area contributed by atoms with Gasteiger partial charge in [-0.25, -0.2) is 4.39 Å². The molecule has 0 radical (unpaired) electrons. The molecule has 0 saturated carbocycles. The van der Waals surface area contributed by atoms with Crippen molar-refractivity contribution in [2.45, 2.75) is 13.5 Å². The highest BCUT2D eigenvalue weighted by Crippen LogP contribution is 2.28. The summed E-state index contributed by atoms with van der Waals surface area (Å²) in [6, 6.07) is 11.6. The molecule has 2 aromatic carbocycles. The Morgan fingerprint density at radius 1 is 1.10 bits per heavy atom. The maximum atomic E-state index is 12.8. The maximum absolute atomic E-state index is 12.8. The lowest BCUT2D eigenvalue weighted by Gasteiger charge is -2.12. The third-order valence-electron chi connectivity index (χ3n) is 2.80. The molecule has 0 atom stereocenters. The lowest BCUT2D eigenvalue weighted by molar-refractivity contribution is 0.269. The first kappa shape index (κ1) is 14.8. The lowest BCUT2D eigenvalue weighted by atomic mass is 10.2. The third kappa shape index (κ3) is 4.21. The van der Waals surface area contributed by atoms with Gasteiger partial charge in [0.15, 0.2) is 11.5 Å². The molecule has 4 nitrogen and oxygen atoms in total. The highest BCUT2D eigenvalue weighted by Gasteiger charge is 2.06. The molecule has 0 saturated heterocycles. The van der Waals surface area contributed by atoms with Gasteiger partial charge in [0.05, 0.1) is 12.8 Å². The van der Waals surface area contributed by atoms with Gasteiger partial charge in [-0.3, -0.25) is 0 Å². The minimum absolute atomic E-state index is 0.265. The van der Waals surface area contributed by atoms with E-state index in [1.54, 1.807) is 24.3 Å². The van der Waals surface area contributed by atoms with Crippen molar-refractivity contribution in [3.63, 3.8) is 0 Å². The number of ether oxygens (including phenoxy) is 2. The van der Waals surface area contributed by atoms with E-state index in [0.29, 0.717) is 24.7 Å². The Morgan fingerprint density at radius 3 is 2.52 bits per heavy atom. The van der Waals surface area contributed by atoms with Gasteiger partial charge in [0.1, 0.15) is 12.4 Å². The molecule has 2 aromatic rings. The number of hydrogen-bond acceptors (Lipinski definition) is 4. The van der Waals surface area contributed by atoms with Crippen LogP contribution in [0.5, 0.6) is 11.5 Å². The first-order chi connectivity index (χ1) is 10.2. The monoisotopic (exact) mass is 288 g/mol. The number of hydrazone groups is 1. The first-order valence-electron chi connectivity index (χ1n) is 6.60. The molecule has 0 spiro atoms. The maximum Gasteiger partial charge on any atom is 0.161 e. The molecule has 0 aliphatic carbocycles. The second kappa shape index (κ2) is 7.28. The number of benzene rings is 2. The van der Waals surface area contributed by atoms with Crippen LogP contribution in [0.3, 0.4) is 0 Å². The van der Waals surface area contributed by atoms with Crippen LogP contribution in [0, 0.1) is 5.82 Å². The number of hydrogen-bond donors (Lipinski definition) is 1. The van der Waals surface area contributed by atoms with Gasteiger partial charge in [0.2, 0.25) is 0 Å². The van der Waals surface area contributed by atoms with E-state index in [0.717, 1.165) is 11.1 Å². The molecule has 0 amide bonds. The Balaban J connectivity index is 2.12. The van der Waals surface area contributed by atoms with E-state index in [2.05, 4.69) is 5.10 Å². The molecular formula is C16H17FN2O2. The lowest BCUT2D eigenvalue weighted by Crippen LogP contribution is -2.00. The summed E-state index contributed by atoms with van der Waals surface area (Å²) in [4.78, 5) is 0. The van der Waals surface area contributed by atoms with Gasteiger partial charge in [0.25, 0.3) is 0 Å². The van der Waals surface area contributed by atoms with Crippen molar-refractivity contribution in [3.8, 4) is 11.5 Å². The van der Waals surface area contributed by atoms with Crippen molar-refractivity contribution in [2.24, 2.45) is 10.9 Å². The fourth-order valence-electron chi connectivity index (χ4n) is 1.82. The fourth-order valence-corrected chi connectivity index (χ4v) is 1.82. The summed E-state index contributed by atoms with van der Waals surface area (Å²) in [6.45, 7) is 2.76. The van der Waals surface area contributed by atoms with E-state index in [9.17, 15) is 4.39 Å². The average Bonchev–Trinajstić information content (AvgIpc) is 2.49. The Morgan fingerprint density at radius 2 is 1.86 bits per heavy atom. The number of nitrogens with zero attached hydrogens (tertiary/aromatic N) is 1. The molecule has 2 N–H and O–H groups in total. The van der Waals surface area contributed by atoms with Crippen molar-refractivity contribution < 1.29 is 13.9 Å². The van der Waals surface area contributed by atoms with Gasteiger partial charge in [-0.05, 0) is 48.4 Å². The predicted octanol–water partition coefficient (Wildman–Crippen LogP) is 3.10. The molecule has 0 heterocycles. The molecule has 0 aliphatic rings. The number of rotatable bonds is 6. The van der Waals surface area contributed by atoms with Crippen molar-refractivity contribution in [1.82, 2.24) is 0 Å². The molecule has 0 bridgehead atoms. The summed E-state index contributed by atoms with van der Waals surface area (Å²) in [5.74, 6) is 6.11.